The minimum atomic E-state index is -0.353. The Morgan fingerprint density at radius 3 is 2.25 bits per heavy atom. The molecular formula is C15H12Cl2O3. The monoisotopic (exact) mass is 310 g/mol. The molecule has 0 saturated heterocycles. The van der Waals surface area contributed by atoms with Crippen molar-refractivity contribution in [3.05, 3.63) is 58.1 Å². The fourth-order valence-corrected chi connectivity index (χ4v) is 1.84. The van der Waals surface area contributed by atoms with E-state index in [4.69, 9.17) is 32.7 Å². The summed E-state index contributed by atoms with van der Waals surface area (Å²) in [6.07, 6.45) is 0. The highest BCUT2D eigenvalue weighted by Gasteiger charge is 2.07. The summed E-state index contributed by atoms with van der Waals surface area (Å²) in [7, 11) is 0. The quantitative estimate of drug-likeness (QED) is 0.748. The van der Waals surface area contributed by atoms with E-state index in [1.807, 2.05) is 0 Å². The van der Waals surface area contributed by atoms with E-state index in [9.17, 15) is 4.79 Å². The Balaban J connectivity index is 2.10. The summed E-state index contributed by atoms with van der Waals surface area (Å²) in [5, 5.41) is 0.893. The number of halogens is 2. The van der Waals surface area contributed by atoms with E-state index in [2.05, 4.69) is 0 Å². The number of rotatable bonds is 4. The molecule has 5 heteroatoms. The lowest BCUT2D eigenvalue weighted by molar-refractivity contribution is 0.0526. The average molecular weight is 311 g/mol. The van der Waals surface area contributed by atoms with Crippen LogP contribution >= 0.6 is 23.2 Å². The summed E-state index contributed by atoms with van der Waals surface area (Å²) in [6, 6.07) is 11.7. The molecule has 2 rings (SSSR count). The first-order valence-electron chi connectivity index (χ1n) is 6.00. The number of hydrogen-bond donors (Lipinski definition) is 0. The van der Waals surface area contributed by atoms with Gasteiger partial charge in [0.2, 0.25) is 0 Å². The van der Waals surface area contributed by atoms with Crippen LogP contribution < -0.4 is 4.74 Å². The SMILES string of the molecule is CCOC(=O)c1ccc(Oc2ccc(Cl)c(Cl)c2)cc1. The summed E-state index contributed by atoms with van der Waals surface area (Å²) in [5.74, 6) is 0.813. The summed E-state index contributed by atoms with van der Waals surface area (Å²) < 4.78 is 10.5. The zero-order valence-corrected chi connectivity index (χ0v) is 12.2. The van der Waals surface area contributed by atoms with Crippen LogP contribution in [0.25, 0.3) is 0 Å². The Morgan fingerprint density at radius 1 is 1.00 bits per heavy atom. The molecule has 0 unspecified atom stereocenters. The van der Waals surface area contributed by atoms with Crippen LogP contribution in [0.2, 0.25) is 10.0 Å². The van der Waals surface area contributed by atoms with Crippen LogP contribution in [0.15, 0.2) is 42.5 Å². The lowest BCUT2D eigenvalue weighted by Gasteiger charge is -2.07. The molecule has 0 aliphatic carbocycles. The lowest BCUT2D eigenvalue weighted by atomic mass is 10.2. The van der Waals surface area contributed by atoms with Gasteiger partial charge in [-0.25, -0.2) is 4.79 Å². The molecule has 0 spiro atoms. The molecule has 0 amide bonds. The molecule has 3 nitrogen and oxygen atoms in total. The van der Waals surface area contributed by atoms with Gasteiger partial charge in [-0.15, -0.1) is 0 Å². The van der Waals surface area contributed by atoms with Crippen molar-refractivity contribution in [2.24, 2.45) is 0 Å². The maximum atomic E-state index is 11.5. The summed E-state index contributed by atoms with van der Waals surface area (Å²) in [4.78, 5) is 11.5. The summed E-state index contributed by atoms with van der Waals surface area (Å²) >= 11 is 11.7. The van der Waals surface area contributed by atoms with Crippen LogP contribution in [0.4, 0.5) is 0 Å². The van der Waals surface area contributed by atoms with E-state index >= 15 is 0 Å². The van der Waals surface area contributed by atoms with Crippen molar-refractivity contribution < 1.29 is 14.3 Å². The van der Waals surface area contributed by atoms with Crippen molar-refractivity contribution in [2.75, 3.05) is 6.61 Å². The number of hydrogen-bond acceptors (Lipinski definition) is 3. The van der Waals surface area contributed by atoms with Gasteiger partial charge in [-0.05, 0) is 43.3 Å². The molecule has 2 aromatic rings. The zero-order chi connectivity index (χ0) is 14.5. The Morgan fingerprint density at radius 2 is 1.65 bits per heavy atom. The summed E-state index contributed by atoms with van der Waals surface area (Å²) in [5.41, 5.74) is 0.480. The van der Waals surface area contributed by atoms with Crippen LogP contribution in [0, 0.1) is 0 Å². The van der Waals surface area contributed by atoms with Crippen molar-refractivity contribution in [2.45, 2.75) is 6.92 Å². The predicted octanol–water partition coefficient (Wildman–Crippen LogP) is 4.96. The second-order valence-electron chi connectivity index (χ2n) is 3.92. The molecule has 20 heavy (non-hydrogen) atoms. The van der Waals surface area contributed by atoms with Gasteiger partial charge in [-0.1, -0.05) is 23.2 Å². The average Bonchev–Trinajstić information content (AvgIpc) is 2.44. The van der Waals surface area contributed by atoms with Gasteiger partial charge >= 0.3 is 5.97 Å². The highest BCUT2D eigenvalue weighted by Crippen LogP contribution is 2.29. The van der Waals surface area contributed by atoms with E-state index in [1.165, 1.54) is 0 Å². The number of benzene rings is 2. The molecule has 0 aliphatic heterocycles. The summed E-state index contributed by atoms with van der Waals surface area (Å²) in [6.45, 7) is 2.11. The molecule has 0 heterocycles. The molecule has 0 radical (unpaired) electrons. The van der Waals surface area contributed by atoms with Crippen molar-refractivity contribution >= 4 is 29.2 Å². The van der Waals surface area contributed by atoms with E-state index in [1.54, 1.807) is 49.4 Å². The molecule has 0 saturated carbocycles. The Hall–Kier alpha value is -1.71. The van der Waals surface area contributed by atoms with Crippen LogP contribution in [0.3, 0.4) is 0 Å². The highest BCUT2D eigenvalue weighted by molar-refractivity contribution is 6.42. The van der Waals surface area contributed by atoms with Gasteiger partial charge in [0, 0.05) is 6.07 Å². The molecule has 104 valence electrons. The number of esters is 1. The van der Waals surface area contributed by atoms with Crippen LogP contribution in [-0.4, -0.2) is 12.6 Å². The molecule has 2 aromatic carbocycles. The zero-order valence-electron chi connectivity index (χ0n) is 10.7. The van der Waals surface area contributed by atoms with Gasteiger partial charge < -0.3 is 9.47 Å². The topological polar surface area (TPSA) is 35.5 Å². The minimum absolute atomic E-state index is 0.348. The largest absolute Gasteiger partial charge is 0.462 e. The van der Waals surface area contributed by atoms with Crippen molar-refractivity contribution in [1.29, 1.82) is 0 Å². The van der Waals surface area contributed by atoms with Crippen LogP contribution in [0.1, 0.15) is 17.3 Å². The maximum Gasteiger partial charge on any atom is 0.338 e. The smallest absolute Gasteiger partial charge is 0.338 e. The van der Waals surface area contributed by atoms with Gasteiger partial charge in [0.25, 0.3) is 0 Å². The standard InChI is InChI=1S/C15H12Cl2O3/c1-2-19-15(18)10-3-5-11(6-4-10)20-12-7-8-13(16)14(17)9-12/h3-9H,2H2,1H3. The second-order valence-corrected chi connectivity index (χ2v) is 4.74. The fraction of sp³-hybridized carbons (Fsp3) is 0.133. The normalized spacial score (nSPS) is 10.2. The molecule has 0 atom stereocenters. The van der Waals surface area contributed by atoms with Gasteiger partial charge in [-0.2, -0.15) is 0 Å². The molecule has 0 aromatic heterocycles. The van der Waals surface area contributed by atoms with Crippen molar-refractivity contribution in [3.8, 4) is 11.5 Å². The fourth-order valence-electron chi connectivity index (χ4n) is 1.55. The van der Waals surface area contributed by atoms with Gasteiger partial charge in [0.05, 0.1) is 22.2 Å². The first-order valence-corrected chi connectivity index (χ1v) is 6.76. The third-order valence-corrected chi connectivity index (χ3v) is 3.23. The number of ether oxygens (including phenoxy) is 2. The predicted molar refractivity (Wildman–Crippen MR) is 78.9 cm³/mol. The number of carbonyl (C=O) groups is 1. The van der Waals surface area contributed by atoms with E-state index < -0.39 is 0 Å². The third-order valence-electron chi connectivity index (χ3n) is 2.49. The van der Waals surface area contributed by atoms with Crippen LogP contribution in [-0.2, 0) is 4.74 Å². The van der Waals surface area contributed by atoms with E-state index in [0.29, 0.717) is 33.7 Å². The van der Waals surface area contributed by atoms with E-state index in [-0.39, 0.29) is 5.97 Å². The van der Waals surface area contributed by atoms with Crippen molar-refractivity contribution in [3.63, 3.8) is 0 Å². The lowest BCUT2D eigenvalue weighted by Crippen LogP contribution is -2.03. The second kappa shape index (κ2) is 6.64. The highest BCUT2D eigenvalue weighted by atomic mass is 35.5. The molecule has 0 bridgehead atoms. The van der Waals surface area contributed by atoms with Crippen molar-refractivity contribution in [1.82, 2.24) is 0 Å². The number of carbonyl (C=O) groups excluding carboxylic acids is 1. The molecule has 0 fully saturated rings. The van der Waals surface area contributed by atoms with Gasteiger partial charge in [0.1, 0.15) is 11.5 Å². The van der Waals surface area contributed by atoms with Crippen LogP contribution in [0.5, 0.6) is 11.5 Å². The van der Waals surface area contributed by atoms with Gasteiger partial charge in [0.15, 0.2) is 0 Å². The Labute approximate surface area is 127 Å². The molecular weight excluding hydrogens is 299 g/mol. The maximum absolute atomic E-state index is 11.5. The minimum Gasteiger partial charge on any atom is -0.462 e. The molecule has 0 aliphatic rings. The first kappa shape index (κ1) is 14.7. The van der Waals surface area contributed by atoms with E-state index in [0.717, 1.165) is 0 Å². The Bertz CT molecular complexity index is 609. The Kier molecular flexibility index (Phi) is 4.88. The first-order chi connectivity index (χ1) is 9.60. The molecule has 0 N–H and O–H groups in total. The van der Waals surface area contributed by atoms with Gasteiger partial charge in [-0.3, -0.25) is 0 Å². The third kappa shape index (κ3) is 3.65.